The minimum absolute atomic E-state index is 0.164. The Morgan fingerprint density at radius 2 is 1.78 bits per heavy atom. The SMILES string of the molecule is COC1COCC[C@@H]1C.COc1nnc(C(=O)N2CCC(C)CC2)c(C)c1N1CCc2ccc(C(F)(F)F)cc2C1. The molecule has 0 spiro atoms. The van der Waals surface area contributed by atoms with E-state index in [0.717, 1.165) is 44.1 Å². The van der Waals surface area contributed by atoms with Crippen LogP contribution in [0.5, 0.6) is 5.88 Å². The molecule has 0 N–H and O–H groups in total. The highest BCUT2D eigenvalue weighted by Crippen LogP contribution is 2.37. The van der Waals surface area contributed by atoms with E-state index in [1.54, 1.807) is 25.0 Å². The van der Waals surface area contributed by atoms with Crippen LogP contribution in [0.2, 0.25) is 0 Å². The van der Waals surface area contributed by atoms with Crippen LogP contribution < -0.4 is 9.64 Å². The van der Waals surface area contributed by atoms with E-state index < -0.39 is 11.7 Å². The van der Waals surface area contributed by atoms with Gasteiger partial charge in [-0.15, -0.1) is 10.2 Å². The topological polar surface area (TPSA) is 77.0 Å². The van der Waals surface area contributed by atoms with E-state index >= 15 is 0 Å². The van der Waals surface area contributed by atoms with Gasteiger partial charge in [-0.2, -0.15) is 13.2 Å². The largest absolute Gasteiger partial charge is 0.478 e. The number of alkyl halides is 3. The number of hydrogen-bond acceptors (Lipinski definition) is 7. The minimum Gasteiger partial charge on any atom is -0.478 e. The lowest BCUT2D eigenvalue weighted by atomic mass is 9.96. The number of benzene rings is 1. The lowest BCUT2D eigenvalue weighted by Crippen LogP contribution is -2.39. The van der Waals surface area contributed by atoms with E-state index in [1.807, 2.05) is 4.90 Å². The van der Waals surface area contributed by atoms with E-state index in [-0.39, 0.29) is 24.0 Å². The molecule has 0 saturated carbocycles. The number of carbonyl (C=O) groups excluding carboxylic acids is 1. The van der Waals surface area contributed by atoms with Crippen molar-refractivity contribution in [3.8, 4) is 5.88 Å². The number of anilines is 1. The summed E-state index contributed by atoms with van der Waals surface area (Å²) in [6.45, 7) is 10.1. The Labute approximate surface area is 240 Å². The monoisotopic (exact) mass is 578 g/mol. The van der Waals surface area contributed by atoms with Crippen molar-refractivity contribution in [1.82, 2.24) is 15.1 Å². The standard InChI is InChI=1S/C23H27F3N4O2.C7H14O2/c1-14-6-9-29(10-7-14)22(31)19-15(2)20(21(32-3)28-27-19)30-11-8-16-4-5-18(23(24,25)26)12-17(16)13-30;1-6-3-4-9-5-7(6)8-2/h4-5,12,14H,6-11,13H2,1-3H3;6-7H,3-5H2,1-2H3/t;6-,7?/m.0/s1. The van der Waals surface area contributed by atoms with Gasteiger partial charge in [0.2, 0.25) is 0 Å². The van der Waals surface area contributed by atoms with E-state index in [2.05, 4.69) is 24.0 Å². The second-order valence-electron chi connectivity index (χ2n) is 11.3. The fourth-order valence-corrected chi connectivity index (χ4v) is 5.61. The quantitative estimate of drug-likeness (QED) is 0.487. The molecule has 41 heavy (non-hydrogen) atoms. The van der Waals surface area contributed by atoms with Crippen LogP contribution in [0.1, 0.15) is 65.9 Å². The Balaban J connectivity index is 0.000000367. The Hall–Kier alpha value is -2.92. The van der Waals surface area contributed by atoms with Gasteiger partial charge in [-0.05, 0) is 67.7 Å². The number of amides is 1. The molecule has 3 aliphatic heterocycles. The smallest absolute Gasteiger partial charge is 0.416 e. The molecule has 2 atom stereocenters. The summed E-state index contributed by atoms with van der Waals surface area (Å²) in [7, 11) is 3.22. The van der Waals surface area contributed by atoms with Crippen LogP contribution in [0.4, 0.5) is 18.9 Å². The first-order valence-electron chi connectivity index (χ1n) is 14.3. The van der Waals surface area contributed by atoms with Crippen molar-refractivity contribution in [3.05, 3.63) is 46.1 Å². The fourth-order valence-electron chi connectivity index (χ4n) is 5.61. The third-order valence-corrected chi connectivity index (χ3v) is 8.42. The van der Waals surface area contributed by atoms with Gasteiger partial charge in [0.1, 0.15) is 5.69 Å². The number of hydrogen-bond donors (Lipinski definition) is 0. The molecule has 8 nitrogen and oxygen atoms in total. The van der Waals surface area contributed by atoms with Gasteiger partial charge in [0.15, 0.2) is 5.69 Å². The van der Waals surface area contributed by atoms with Crippen molar-refractivity contribution in [1.29, 1.82) is 0 Å². The van der Waals surface area contributed by atoms with Crippen molar-refractivity contribution >= 4 is 11.6 Å². The predicted molar refractivity (Wildman–Crippen MR) is 149 cm³/mol. The van der Waals surface area contributed by atoms with Crippen molar-refractivity contribution < 1.29 is 32.2 Å². The zero-order valence-corrected chi connectivity index (χ0v) is 24.6. The average Bonchev–Trinajstić information content (AvgIpc) is 2.96. The van der Waals surface area contributed by atoms with Crippen LogP contribution in [0.25, 0.3) is 0 Å². The molecule has 2 fully saturated rings. The summed E-state index contributed by atoms with van der Waals surface area (Å²) >= 11 is 0. The van der Waals surface area contributed by atoms with Gasteiger partial charge >= 0.3 is 6.18 Å². The lowest BCUT2D eigenvalue weighted by molar-refractivity contribution is -0.137. The van der Waals surface area contributed by atoms with Gasteiger partial charge < -0.3 is 24.0 Å². The van der Waals surface area contributed by atoms with Crippen LogP contribution in [-0.2, 0) is 28.6 Å². The Morgan fingerprint density at radius 1 is 1.05 bits per heavy atom. The summed E-state index contributed by atoms with van der Waals surface area (Å²) < 4.78 is 55.4. The molecule has 11 heteroatoms. The van der Waals surface area contributed by atoms with Crippen LogP contribution in [-0.4, -0.2) is 74.2 Å². The average molecular weight is 579 g/mol. The number of fused-ring (bicyclic) bond motifs is 1. The molecule has 0 aliphatic carbocycles. The van der Waals surface area contributed by atoms with Gasteiger partial charge in [0, 0.05) is 45.5 Å². The zero-order valence-electron chi connectivity index (χ0n) is 24.6. The summed E-state index contributed by atoms with van der Waals surface area (Å²) in [5.74, 6) is 1.36. The van der Waals surface area contributed by atoms with Crippen molar-refractivity contribution in [2.24, 2.45) is 11.8 Å². The molecule has 1 amide bonds. The van der Waals surface area contributed by atoms with Crippen LogP contribution in [0, 0.1) is 18.8 Å². The van der Waals surface area contributed by atoms with Gasteiger partial charge in [-0.1, -0.05) is 19.9 Å². The summed E-state index contributed by atoms with van der Waals surface area (Å²) in [6.07, 6.45) is -0.435. The van der Waals surface area contributed by atoms with Crippen molar-refractivity contribution in [2.75, 3.05) is 52.0 Å². The second-order valence-corrected chi connectivity index (χ2v) is 11.3. The molecule has 0 radical (unpaired) electrons. The number of piperidine rings is 1. The van der Waals surface area contributed by atoms with Gasteiger partial charge in [-0.3, -0.25) is 4.79 Å². The van der Waals surface area contributed by atoms with Gasteiger partial charge in [0.05, 0.1) is 25.4 Å². The number of likely N-dealkylation sites (tertiary alicyclic amines) is 1. The van der Waals surface area contributed by atoms with Crippen LogP contribution >= 0.6 is 0 Å². The number of carbonyl (C=O) groups is 1. The van der Waals surface area contributed by atoms with Gasteiger partial charge in [-0.25, -0.2) is 0 Å². The highest BCUT2D eigenvalue weighted by atomic mass is 19.4. The molecule has 4 heterocycles. The van der Waals surface area contributed by atoms with E-state index in [9.17, 15) is 18.0 Å². The lowest BCUT2D eigenvalue weighted by Gasteiger charge is -2.34. The summed E-state index contributed by atoms with van der Waals surface area (Å²) in [5, 5.41) is 8.28. The zero-order chi connectivity index (χ0) is 29.7. The Morgan fingerprint density at radius 3 is 2.39 bits per heavy atom. The summed E-state index contributed by atoms with van der Waals surface area (Å²) in [5.41, 5.74) is 2.36. The summed E-state index contributed by atoms with van der Waals surface area (Å²) in [6, 6.07) is 3.89. The molecule has 0 bridgehead atoms. The number of aromatic nitrogens is 2. The third kappa shape index (κ3) is 7.30. The number of nitrogens with zero attached hydrogens (tertiary/aromatic N) is 4. The number of ether oxygens (including phenoxy) is 3. The van der Waals surface area contributed by atoms with Crippen LogP contribution in [0.15, 0.2) is 18.2 Å². The van der Waals surface area contributed by atoms with Crippen LogP contribution in [0.3, 0.4) is 0 Å². The molecule has 226 valence electrons. The Bertz CT molecular complexity index is 1200. The maximum absolute atomic E-state index is 13.2. The number of methoxy groups -OCH3 is 2. The highest BCUT2D eigenvalue weighted by Gasteiger charge is 2.33. The Kier molecular flexibility index (Phi) is 10.1. The molecule has 1 aromatic heterocycles. The fraction of sp³-hybridized carbons (Fsp3) is 0.633. The van der Waals surface area contributed by atoms with E-state index in [1.165, 1.54) is 13.2 Å². The minimum atomic E-state index is -4.39. The molecule has 1 unspecified atom stereocenters. The molecule has 2 saturated heterocycles. The number of halogens is 3. The van der Waals surface area contributed by atoms with Crippen molar-refractivity contribution in [2.45, 2.75) is 65.3 Å². The first kappa shape index (κ1) is 31.0. The highest BCUT2D eigenvalue weighted by molar-refractivity contribution is 5.95. The first-order chi connectivity index (χ1) is 19.5. The number of rotatable bonds is 4. The molecule has 2 aromatic rings. The molecular weight excluding hydrogens is 537 g/mol. The molecule has 3 aliphatic rings. The maximum Gasteiger partial charge on any atom is 0.416 e. The van der Waals surface area contributed by atoms with Gasteiger partial charge in [0.25, 0.3) is 11.8 Å². The molecular formula is C30H41F3N4O4. The maximum atomic E-state index is 13.2. The van der Waals surface area contributed by atoms with E-state index in [0.29, 0.717) is 60.8 Å². The predicted octanol–water partition coefficient (Wildman–Crippen LogP) is 5.31. The molecule has 1 aromatic carbocycles. The molecule has 5 rings (SSSR count). The third-order valence-electron chi connectivity index (χ3n) is 8.42. The first-order valence-corrected chi connectivity index (χ1v) is 14.3. The van der Waals surface area contributed by atoms with E-state index in [4.69, 9.17) is 14.2 Å². The second kappa shape index (κ2) is 13.4. The normalized spacial score (nSPS) is 21.6. The van der Waals surface area contributed by atoms with Crippen molar-refractivity contribution in [3.63, 3.8) is 0 Å². The summed E-state index contributed by atoms with van der Waals surface area (Å²) in [4.78, 5) is 16.9.